The van der Waals surface area contributed by atoms with Crippen LogP contribution in [0, 0.1) is 3.70 Å². The Balaban J connectivity index is 2.61. The van der Waals surface area contributed by atoms with Gasteiger partial charge in [0.1, 0.15) is 12.4 Å². The minimum absolute atomic E-state index is 0.559. The molecular formula is C5H7IN2O. The van der Waals surface area contributed by atoms with Crippen molar-refractivity contribution in [3.05, 3.63) is 15.7 Å². The van der Waals surface area contributed by atoms with Gasteiger partial charge in [-0.1, -0.05) is 0 Å². The van der Waals surface area contributed by atoms with Gasteiger partial charge in [-0.15, -0.1) is 0 Å². The molecule has 1 aromatic rings. The van der Waals surface area contributed by atoms with E-state index in [0.717, 1.165) is 9.53 Å². The number of nitrogens with one attached hydrogen (secondary N) is 1. The van der Waals surface area contributed by atoms with Gasteiger partial charge in [0.25, 0.3) is 0 Å². The van der Waals surface area contributed by atoms with Gasteiger partial charge in [-0.05, 0) is 22.6 Å². The number of rotatable bonds is 2. The molecule has 0 fully saturated rings. The molecule has 0 aliphatic heterocycles. The molecule has 0 atom stereocenters. The van der Waals surface area contributed by atoms with Crippen molar-refractivity contribution in [2.24, 2.45) is 0 Å². The van der Waals surface area contributed by atoms with Crippen molar-refractivity contribution in [2.75, 3.05) is 7.11 Å². The van der Waals surface area contributed by atoms with Gasteiger partial charge in [-0.2, -0.15) is 0 Å². The van der Waals surface area contributed by atoms with Crippen LogP contribution in [0.5, 0.6) is 0 Å². The standard InChI is InChI=1S/C5H7IN2O/c1-9-3-5-7-2-4(6)8-5/h2H,3H2,1H3,(H,7,8). The largest absolute Gasteiger partial charge is 0.377 e. The number of aromatic amines is 1. The average molecular weight is 238 g/mol. The molecule has 0 saturated heterocycles. The van der Waals surface area contributed by atoms with Crippen LogP contribution < -0.4 is 0 Å². The number of nitrogens with zero attached hydrogens (tertiary/aromatic N) is 1. The second-order valence-corrected chi connectivity index (χ2v) is 2.77. The van der Waals surface area contributed by atoms with Crippen LogP contribution in [0.4, 0.5) is 0 Å². The minimum atomic E-state index is 0.559. The zero-order chi connectivity index (χ0) is 6.69. The quantitative estimate of drug-likeness (QED) is 0.785. The fourth-order valence-electron chi connectivity index (χ4n) is 0.547. The fourth-order valence-corrected chi connectivity index (χ4v) is 0.998. The molecule has 0 saturated carbocycles. The van der Waals surface area contributed by atoms with E-state index in [-0.39, 0.29) is 0 Å². The highest BCUT2D eigenvalue weighted by molar-refractivity contribution is 14.1. The van der Waals surface area contributed by atoms with E-state index < -0.39 is 0 Å². The summed E-state index contributed by atoms with van der Waals surface area (Å²) in [5, 5.41) is 0. The molecule has 0 aromatic carbocycles. The molecule has 0 radical (unpaired) electrons. The number of hydrogen-bond acceptors (Lipinski definition) is 2. The van der Waals surface area contributed by atoms with E-state index >= 15 is 0 Å². The normalized spacial score (nSPS) is 10.0. The third kappa shape index (κ3) is 1.94. The van der Waals surface area contributed by atoms with Gasteiger partial charge < -0.3 is 9.72 Å². The van der Waals surface area contributed by atoms with Gasteiger partial charge in [0.05, 0.1) is 9.90 Å². The molecule has 0 amide bonds. The number of aromatic nitrogens is 2. The highest BCUT2D eigenvalue weighted by Crippen LogP contribution is 2.00. The summed E-state index contributed by atoms with van der Waals surface area (Å²) in [4.78, 5) is 7.04. The summed E-state index contributed by atoms with van der Waals surface area (Å²) in [5.41, 5.74) is 0. The first-order valence-electron chi connectivity index (χ1n) is 2.51. The Morgan fingerprint density at radius 2 is 2.67 bits per heavy atom. The topological polar surface area (TPSA) is 37.9 Å². The van der Waals surface area contributed by atoms with Crippen LogP contribution in [-0.4, -0.2) is 17.1 Å². The maximum atomic E-state index is 4.84. The Kier molecular flexibility index (Phi) is 2.47. The third-order valence-electron chi connectivity index (χ3n) is 0.878. The molecule has 4 heteroatoms. The lowest BCUT2D eigenvalue weighted by Crippen LogP contribution is -1.88. The van der Waals surface area contributed by atoms with Crippen molar-refractivity contribution in [3.63, 3.8) is 0 Å². The Morgan fingerprint density at radius 3 is 3.11 bits per heavy atom. The molecule has 3 nitrogen and oxygen atoms in total. The lowest BCUT2D eigenvalue weighted by molar-refractivity contribution is 0.178. The minimum Gasteiger partial charge on any atom is -0.377 e. The summed E-state index contributed by atoms with van der Waals surface area (Å²) in [7, 11) is 1.65. The van der Waals surface area contributed by atoms with Crippen molar-refractivity contribution in [2.45, 2.75) is 6.61 Å². The second-order valence-electron chi connectivity index (χ2n) is 1.61. The van der Waals surface area contributed by atoms with E-state index in [4.69, 9.17) is 4.74 Å². The summed E-state index contributed by atoms with van der Waals surface area (Å²) in [5.74, 6) is 0.877. The molecule has 9 heavy (non-hydrogen) atoms. The van der Waals surface area contributed by atoms with Crippen molar-refractivity contribution < 1.29 is 4.74 Å². The molecular weight excluding hydrogens is 231 g/mol. The Hall–Kier alpha value is -0.100. The van der Waals surface area contributed by atoms with E-state index in [1.54, 1.807) is 13.3 Å². The van der Waals surface area contributed by atoms with E-state index in [9.17, 15) is 0 Å². The molecule has 0 spiro atoms. The van der Waals surface area contributed by atoms with E-state index in [2.05, 4.69) is 32.6 Å². The summed E-state index contributed by atoms with van der Waals surface area (Å²) in [6, 6.07) is 0. The molecule has 0 aliphatic carbocycles. The number of methoxy groups -OCH3 is 1. The zero-order valence-electron chi connectivity index (χ0n) is 5.02. The molecule has 1 aromatic heterocycles. The molecule has 1 N–H and O–H groups in total. The summed E-state index contributed by atoms with van der Waals surface area (Å²) >= 11 is 2.17. The second kappa shape index (κ2) is 3.17. The maximum Gasteiger partial charge on any atom is 0.132 e. The Morgan fingerprint density at radius 1 is 1.89 bits per heavy atom. The van der Waals surface area contributed by atoms with Gasteiger partial charge in [0.15, 0.2) is 0 Å². The number of halogens is 1. The first kappa shape index (κ1) is 7.01. The van der Waals surface area contributed by atoms with Gasteiger partial charge in [0.2, 0.25) is 0 Å². The van der Waals surface area contributed by atoms with Crippen LogP contribution in [0.3, 0.4) is 0 Å². The van der Waals surface area contributed by atoms with Crippen molar-refractivity contribution in [1.82, 2.24) is 9.97 Å². The Labute approximate surface area is 67.0 Å². The van der Waals surface area contributed by atoms with Gasteiger partial charge in [-0.25, -0.2) is 4.98 Å². The highest BCUT2D eigenvalue weighted by atomic mass is 127. The zero-order valence-corrected chi connectivity index (χ0v) is 7.18. The Bertz CT molecular complexity index is 187. The van der Waals surface area contributed by atoms with Gasteiger partial charge in [0, 0.05) is 7.11 Å². The lowest BCUT2D eigenvalue weighted by atomic mass is 10.7. The lowest BCUT2D eigenvalue weighted by Gasteiger charge is -1.89. The van der Waals surface area contributed by atoms with Crippen molar-refractivity contribution in [1.29, 1.82) is 0 Å². The highest BCUT2D eigenvalue weighted by Gasteiger charge is 1.93. The molecule has 0 bridgehead atoms. The fraction of sp³-hybridized carbons (Fsp3) is 0.400. The number of imidazole rings is 1. The van der Waals surface area contributed by atoms with Gasteiger partial charge >= 0.3 is 0 Å². The first-order chi connectivity index (χ1) is 4.33. The van der Waals surface area contributed by atoms with Crippen LogP contribution in [-0.2, 0) is 11.3 Å². The van der Waals surface area contributed by atoms with Crippen LogP contribution >= 0.6 is 22.6 Å². The van der Waals surface area contributed by atoms with Crippen molar-refractivity contribution in [3.8, 4) is 0 Å². The smallest absolute Gasteiger partial charge is 0.132 e. The molecule has 1 rings (SSSR count). The van der Waals surface area contributed by atoms with E-state index in [1.807, 2.05) is 0 Å². The maximum absolute atomic E-state index is 4.84. The predicted molar refractivity (Wildman–Crippen MR) is 42.0 cm³/mol. The van der Waals surface area contributed by atoms with Crippen LogP contribution in [0.1, 0.15) is 5.82 Å². The van der Waals surface area contributed by atoms with E-state index in [1.165, 1.54) is 0 Å². The van der Waals surface area contributed by atoms with Crippen LogP contribution in [0.2, 0.25) is 0 Å². The SMILES string of the molecule is COCc1ncc(I)[nH]1. The average Bonchev–Trinajstić information content (AvgIpc) is 2.17. The van der Waals surface area contributed by atoms with Crippen LogP contribution in [0.25, 0.3) is 0 Å². The van der Waals surface area contributed by atoms with Gasteiger partial charge in [-0.3, -0.25) is 0 Å². The number of ether oxygens (including phenoxy) is 1. The summed E-state index contributed by atoms with van der Waals surface area (Å²) in [6.07, 6.45) is 1.77. The first-order valence-corrected chi connectivity index (χ1v) is 3.59. The van der Waals surface area contributed by atoms with Crippen molar-refractivity contribution >= 4 is 22.6 Å². The third-order valence-corrected chi connectivity index (χ3v) is 1.43. The monoisotopic (exact) mass is 238 g/mol. The molecule has 1 heterocycles. The molecule has 0 unspecified atom stereocenters. The van der Waals surface area contributed by atoms with E-state index in [0.29, 0.717) is 6.61 Å². The molecule has 50 valence electrons. The molecule has 0 aliphatic rings. The number of H-pyrrole nitrogens is 1. The number of hydrogen-bond donors (Lipinski definition) is 1. The summed E-state index contributed by atoms with van der Waals surface area (Å²) < 4.78 is 5.89. The predicted octanol–water partition coefficient (Wildman–Crippen LogP) is 1.16. The van der Waals surface area contributed by atoms with Crippen LogP contribution in [0.15, 0.2) is 6.20 Å². The summed E-state index contributed by atoms with van der Waals surface area (Å²) in [6.45, 7) is 0.559.